The predicted molar refractivity (Wildman–Crippen MR) is 73.5 cm³/mol. The van der Waals surface area contributed by atoms with Gasteiger partial charge in [-0.1, -0.05) is 24.3 Å². The molecule has 1 N–H and O–H groups in total. The summed E-state index contributed by atoms with van der Waals surface area (Å²) in [4.78, 5) is 24.9. The van der Waals surface area contributed by atoms with Crippen LogP contribution in [0.25, 0.3) is 0 Å². The van der Waals surface area contributed by atoms with Gasteiger partial charge in [-0.3, -0.25) is 9.59 Å². The third-order valence-electron chi connectivity index (χ3n) is 3.56. The van der Waals surface area contributed by atoms with Crippen molar-refractivity contribution in [2.75, 3.05) is 19.8 Å². The molecule has 1 fully saturated rings. The zero-order chi connectivity index (χ0) is 14.5. The number of morpholine rings is 1. The number of ether oxygens (including phenoxy) is 1. The Morgan fingerprint density at radius 3 is 2.85 bits per heavy atom. The van der Waals surface area contributed by atoms with Crippen molar-refractivity contribution >= 4 is 11.9 Å². The molecule has 1 amide bonds. The van der Waals surface area contributed by atoms with E-state index in [0.717, 1.165) is 11.1 Å². The van der Waals surface area contributed by atoms with E-state index in [2.05, 4.69) is 0 Å². The normalized spacial score (nSPS) is 18.9. The molecule has 0 spiro atoms. The van der Waals surface area contributed by atoms with Gasteiger partial charge in [0.15, 0.2) is 0 Å². The quantitative estimate of drug-likeness (QED) is 0.899. The molecule has 0 radical (unpaired) electrons. The number of amides is 1. The molecule has 1 aromatic carbocycles. The fourth-order valence-corrected chi connectivity index (χ4v) is 2.43. The summed E-state index contributed by atoms with van der Waals surface area (Å²) in [6.07, 6.45) is 0.238. The lowest BCUT2D eigenvalue weighted by atomic mass is 10.0. The van der Waals surface area contributed by atoms with Crippen LogP contribution in [-0.2, 0) is 20.7 Å². The number of rotatable bonds is 4. The van der Waals surface area contributed by atoms with Gasteiger partial charge in [0.2, 0.25) is 5.91 Å². The molecule has 1 unspecified atom stereocenters. The van der Waals surface area contributed by atoms with Crippen molar-refractivity contribution in [1.29, 1.82) is 0 Å². The lowest BCUT2D eigenvalue weighted by Crippen LogP contribution is -2.50. The van der Waals surface area contributed by atoms with Crippen molar-refractivity contribution in [2.45, 2.75) is 25.8 Å². The Balaban J connectivity index is 2.06. The topological polar surface area (TPSA) is 66.8 Å². The van der Waals surface area contributed by atoms with E-state index in [4.69, 9.17) is 9.84 Å². The number of nitrogens with zero attached hydrogens (tertiary/aromatic N) is 1. The number of hydrogen-bond acceptors (Lipinski definition) is 3. The van der Waals surface area contributed by atoms with E-state index >= 15 is 0 Å². The Bertz CT molecular complexity index is 500. The molecule has 5 nitrogen and oxygen atoms in total. The number of carbonyl (C=O) groups excluding carboxylic acids is 1. The number of carboxylic acids is 1. The summed E-state index contributed by atoms with van der Waals surface area (Å²) in [6, 6.07) is 7.38. The first-order valence-corrected chi connectivity index (χ1v) is 6.71. The molecule has 1 aliphatic rings. The summed E-state index contributed by atoms with van der Waals surface area (Å²) in [5, 5.41) is 8.91. The van der Waals surface area contributed by atoms with Crippen molar-refractivity contribution in [3.05, 3.63) is 35.4 Å². The van der Waals surface area contributed by atoms with Crippen molar-refractivity contribution in [1.82, 2.24) is 4.90 Å². The standard InChI is InChI=1S/C15H19NO4/c1-11-4-2-3-5-12(11)8-14(17)16-6-7-20-10-13(16)9-15(18)19/h2-5,13H,6-10H2,1H3,(H,18,19). The number of aliphatic carboxylic acids is 1. The Morgan fingerprint density at radius 2 is 2.15 bits per heavy atom. The van der Waals surface area contributed by atoms with E-state index in [1.54, 1.807) is 4.90 Å². The minimum absolute atomic E-state index is 0.0335. The zero-order valence-electron chi connectivity index (χ0n) is 11.5. The molecule has 1 atom stereocenters. The lowest BCUT2D eigenvalue weighted by molar-refractivity contribution is -0.145. The van der Waals surface area contributed by atoms with Crippen LogP contribution in [0, 0.1) is 6.92 Å². The highest BCUT2D eigenvalue weighted by atomic mass is 16.5. The maximum atomic E-state index is 12.4. The third kappa shape index (κ3) is 3.57. The monoisotopic (exact) mass is 277 g/mol. The molecule has 108 valence electrons. The number of hydrogen-bond donors (Lipinski definition) is 1. The second-order valence-electron chi connectivity index (χ2n) is 5.02. The van der Waals surface area contributed by atoms with Crippen LogP contribution in [0.2, 0.25) is 0 Å². The van der Waals surface area contributed by atoms with Crippen LogP contribution in [0.15, 0.2) is 24.3 Å². The third-order valence-corrected chi connectivity index (χ3v) is 3.56. The van der Waals surface area contributed by atoms with Crippen LogP contribution in [0.3, 0.4) is 0 Å². The molecule has 0 bridgehead atoms. The summed E-state index contributed by atoms with van der Waals surface area (Å²) < 4.78 is 5.28. The number of carbonyl (C=O) groups is 2. The largest absolute Gasteiger partial charge is 0.481 e. The predicted octanol–water partition coefficient (Wildman–Crippen LogP) is 1.24. The molecule has 1 aromatic rings. The molecular formula is C15H19NO4. The molecule has 1 aliphatic heterocycles. The highest BCUT2D eigenvalue weighted by Crippen LogP contribution is 2.15. The van der Waals surface area contributed by atoms with Gasteiger partial charge in [0, 0.05) is 6.54 Å². The second-order valence-corrected chi connectivity index (χ2v) is 5.02. The van der Waals surface area contributed by atoms with Crippen molar-refractivity contribution in [3.63, 3.8) is 0 Å². The number of aryl methyl sites for hydroxylation is 1. The van der Waals surface area contributed by atoms with Crippen LogP contribution in [0.4, 0.5) is 0 Å². The van der Waals surface area contributed by atoms with Crippen LogP contribution >= 0.6 is 0 Å². The van der Waals surface area contributed by atoms with Gasteiger partial charge < -0.3 is 14.7 Å². The van der Waals surface area contributed by atoms with Crippen molar-refractivity contribution in [2.24, 2.45) is 0 Å². The summed E-state index contributed by atoms with van der Waals surface area (Å²) in [5.41, 5.74) is 2.06. The average molecular weight is 277 g/mol. The van der Waals surface area contributed by atoms with Gasteiger partial charge in [-0.25, -0.2) is 0 Å². The number of carboxylic acid groups (broad SMARTS) is 1. The van der Waals surface area contributed by atoms with E-state index in [1.165, 1.54) is 0 Å². The van der Waals surface area contributed by atoms with E-state index in [1.807, 2.05) is 31.2 Å². The first-order valence-electron chi connectivity index (χ1n) is 6.71. The van der Waals surface area contributed by atoms with Gasteiger partial charge in [0.1, 0.15) is 0 Å². The van der Waals surface area contributed by atoms with Gasteiger partial charge in [-0.2, -0.15) is 0 Å². The lowest BCUT2D eigenvalue weighted by Gasteiger charge is -2.35. The molecule has 0 aliphatic carbocycles. The van der Waals surface area contributed by atoms with Gasteiger partial charge in [-0.15, -0.1) is 0 Å². The Morgan fingerprint density at radius 1 is 1.40 bits per heavy atom. The molecular weight excluding hydrogens is 258 g/mol. The van der Waals surface area contributed by atoms with Crippen molar-refractivity contribution < 1.29 is 19.4 Å². The van der Waals surface area contributed by atoms with Crippen LogP contribution in [0.5, 0.6) is 0 Å². The first kappa shape index (κ1) is 14.5. The minimum atomic E-state index is -0.908. The Labute approximate surface area is 118 Å². The fraction of sp³-hybridized carbons (Fsp3) is 0.467. The van der Waals surface area contributed by atoms with Gasteiger partial charge >= 0.3 is 5.97 Å². The Hall–Kier alpha value is -1.88. The molecule has 5 heteroatoms. The van der Waals surface area contributed by atoms with Crippen molar-refractivity contribution in [3.8, 4) is 0 Å². The molecule has 0 saturated carbocycles. The SMILES string of the molecule is Cc1ccccc1CC(=O)N1CCOCC1CC(=O)O. The smallest absolute Gasteiger partial charge is 0.305 e. The van der Waals surface area contributed by atoms with E-state index in [-0.39, 0.29) is 18.4 Å². The molecule has 1 heterocycles. The van der Waals surface area contributed by atoms with Gasteiger partial charge in [0.05, 0.1) is 32.1 Å². The van der Waals surface area contributed by atoms with Crippen LogP contribution in [0.1, 0.15) is 17.5 Å². The summed E-state index contributed by atoms with van der Waals surface area (Å²) in [7, 11) is 0. The second kappa shape index (κ2) is 6.52. The highest BCUT2D eigenvalue weighted by molar-refractivity contribution is 5.80. The van der Waals surface area contributed by atoms with Crippen LogP contribution < -0.4 is 0 Å². The fourth-order valence-electron chi connectivity index (χ4n) is 2.43. The summed E-state index contributed by atoms with van der Waals surface area (Å²) >= 11 is 0. The molecule has 1 saturated heterocycles. The minimum Gasteiger partial charge on any atom is -0.481 e. The molecule has 20 heavy (non-hydrogen) atoms. The maximum Gasteiger partial charge on any atom is 0.305 e. The average Bonchev–Trinajstić information content (AvgIpc) is 2.41. The zero-order valence-corrected chi connectivity index (χ0v) is 11.5. The Kier molecular flexibility index (Phi) is 4.74. The summed E-state index contributed by atoms with van der Waals surface area (Å²) in [6.45, 7) is 3.20. The molecule has 0 aromatic heterocycles. The van der Waals surface area contributed by atoms with E-state index < -0.39 is 5.97 Å². The highest BCUT2D eigenvalue weighted by Gasteiger charge is 2.29. The van der Waals surface area contributed by atoms with E-state index in [9.17, 15) is 9.59 Å². The summed E-state index contributed by atoms with van der Waals surface area (Å²) in [5.74, 6) is -0.942. The number of benzene rings is 1. The van der Waals surface area contributed by atoms with Crippen LogP contribution in [-0.4, -0.2) is 47.7 Å². The first-order chi connectivity index (χ1) is 9.58. The van der Waals surface area contributed by atoms with Gasteiger partial charge in [0.25, 0.3) is 0 Å². The molecule has 2 rings (SSSR count). The van der Waals surface area contributed by atoms with Gasteiger partial charge in [-0.05, 0) is 18.1 Å². The van der Waals surface area contributed by atoms with E-state index in [0.29, 0.717) is 26.2 Å². The maximum absolute atomic E-state index is 12.4.